The quantitative estimate of drug-likeness (QED) is 0.601. The van der Waals surface area contributed by atoms with Gasteiger partial charge in [-0.1, -0.05) is 36.4 Å². The molecule has 2 aromatic carbocycles. The van der Waals surface area contributed by atoms with Crippen LogP contribution in [0.5, 0.6) is 11.5 Å². The van der Waals surface area contributed by atoms with Crippen molar-refractivity contribution in [2.75, 3.05) is 13.6 Å². The fraction of sp³-hybridized carbons (Fsp3) is 0.133. The lowest BCUT2D eigenvalue weighted by Gasteiger charge is -2.25. The Balaban J connectivity index is 2.26. The number of para-hydroxylation sites is 2. The molecule has 0 amide bonds. The van der Waals surface area contributed by atoms with Crippen LogP contribution >= 0.6 is 7.75 Å². The van der Waals surface area contributed by atoms with Gasteiger partial charge in [-0.25, -0.2) is 4.57 Å². The molecule has 0 aromatic heterocycles. The summed E-state index contributed by atoms with van der Waals surface area (Å²) >= 11 is 0. The topological polar surface area (TPSA) is 62.6 Å². The molecule has 0 N–H and O–H groups in total. The van der Waals surface area contributed by atoms with Crippen LogP contribution in [0, 0.1) is 11.3 Å². The van der Waals surface area contributed by atoms with Crippen molar-refractivity contribution < 1.29 is 13.6 Å². The second-order valence-corrected chi connectivity index (χ2v) is 6.24. The Bertz CT molecular complexity index is 610. The molecule has 0 fully saturated rings. The number of hydrogen-bond acceptors (Lipinski definition) is 4. The summed E-state index contributed by atoms with van der Waals surface area (Å²) in [5.41, 5.74) is 0. The number of nitrogens with zero attached hydrogens (tertiary/aromatic N) is 2. The van der Waals surface area contributed by atoms with Crippen molar-refractivity contribution in [2.24, 2.45) is 0 Å². The Morgan fingerprint density at radius 1 is 1.00 bits per heavy atom. The average Bonchev–Trinajstić information content (AvgIpc) is 2.49. The number of nitriles is 1. The van der Waals surface area contributed by atoms with Gasteiger partial charge in [0.2, 0.25) is 0 Å². The lowest BCUT2D eigenvalue weighted by Crippen LogP contribution is -2.22. The minimum absolute atomic E-state index is 0.0725. The van der Waals surface area contributed by atoms with Gasteiger partial charge in [0.25, 0.3) is 0 Å². The second-order valence-electron chi connectivity index (χ2n) is 4.25. The predicted molar refractivity (Wildman–Crippen MR) is 80.0 cm³/mol. The third-order valence-electron chi connectivity index (χ3n) is 2.65. The molecule has 0 aliphatic heterocycles. The molecule has 0 unspecified atom stereocenters. The van der Waals surface area contributed by atoms with E-state index in [1.54, 1.807) is 48.5 Å². The summed E-state index contributed by atoms with van der Waals surface area (Å²) in [5.74, 6) is 0.836. The second kappa shape index (κ2) is 6.94. The molecule has 21 heavy (non-hydrogen) atoms. The summed E-state index contributed by atoms with van der Waals surface area (Å²) in [6.45, 7) is -0.0725. The predicted octanol–water partition coefficient (Wildman–Crippen LogP) is 3.71. The van der Waals surface area contributed by atoms with Gasteiger partial charge < -0.3 is 9.05 Å². The van der Waals surface area contributed by atoms with E-state index in [2.05, 4.69) is 0 Å². The van der Waals surface area contributed by atoms with Crippen LogP contribution in [0.25, 0.3) is 0 Å². The molecule has 0 radical (unpaired) electrons. The SMILES string of the molecule is CN(CC#N)P(=O)(Oc1ccccc1)Oc1ccccc1. The lowest BCUT2D eigenvalue weighted by atomic mass is 10.3. The molecule has 0 saturated carbocycles. The van der Waals surface area contributed by atoms with E-state index in [0.717, 1.165) is 0 Å². The van der Waals surface area contributed by atoms with Crippen LogP contribution in [0.2, 0.25) is 0 Å². The molecule has 0 saturated heterocycles. The zero-order valence-corrected chi connectivity index (χ0v) is 12.4. The van der Waals surface area contributed by atoms with Crippen molar-refractivity contribution in [1.82, 2.24) is 4.67 Å². The van der Waals surface area contributed by atoms with Gasteiger partial charge in [0.1, 0.15) is 11.5 Å². The van der Waals surface area contributed by atoms with Crippen molar-refractivity contribution in [2.45, 2.75) is 0 Å². The van der Waals surface area contributed by atoms with Gasteiger partial charge in [-0.05, 0) is 24.3 Å². The van der Waals surface area contributed by atoms with Gasteiger partial charge in [-0.2, -0.15) is 9.93 Å². The zero-order valence-electron chi connectivity index (χ0n) is 11.5. The summed E-state index contributed by atoms with van der Waals surface area (Å²) in [5, 5.41) is 8.81. The molecule has 108 valence electrons. The van der Waals surface area contributed by atoms with Crippen molar-refractivity contribution in [3.05, 3.63) is 60.7 Å². The smallest absolute Gasteiger partial charge is 0.404 e. The van der Waals surface area contributed by atoms with E-state index in [9.17, 15) is 4.57 Å². The Labute approximate surface area is 123 Å². The number of benzene rings is 2. The lowest BCUT2D eigenvalue weighted by molar-refractivity contribution is 0.317. The molecular formula is C15H15N2O3P. The number of hydrogen-bond donors (Lipinski definition) is 0. The van der Waals surface area contributed by atoms with Crippen LogP contribution in [0.15, 0.2) is 60.7 Å². The van der Waals surface area contributed by atoms with E-state index in [0.29, 0.717) is 11.5 Å². The molecule has 0 spiro atoms. The first-order chi connectivity index (χ1) is 10.1. The Morgan fingerprint density at radius 2 is 1.43 bits per heavy atom. The van der Waals surface area contributed by atoms with Gasteiger partial charge in [-0.3, -0.25) is 0 Å². The van der Waals surface area contributed by atoms with Gasteiger partial charge >= 0.3 is 7.75 Å². The summed E-state index contributed by atoms with van der Waals surface area (Å²) in [7, 11) is -2.14. The molecule has 0 aliphatic rings. The van der Waals surface area contributed by atoms with E-state index in [1.165, 1.54) is 11.7 Å². The van der Waals surface area contributed by atoms with Crippen molar-refractivity contribution >= 4 is 7.75 Å². The maximum absolute atomic E-state index is 13.0. The Kier molecular flexibility index (Phi) is 4.99. The summed E-state index contributed by atoms with van der Waals surface area (Å²) < 4.78 is 25.3. The molecule has 6 heteroatoms. The summed E-state index contributed by atoms with van der Waals surface area (Å²) in [4.78, 5) is 0. The highest BCUT2D eigenvalue weighted by atomic mass is 31.2. The van der Waals surface area contributed by atoms with E-state index in [1.807, 2.05) is 18.2 Å². The first-order valence-corrected chi connectivity index (χ1v) is 7.81. The number of rotatable bonds is 6. The Hall–Kier alpha value is -2.28. The maximum Gasteiger partial charge on any atom is 0.516 e. The van der Waals surface area contributed by atoms with E-state index < -0.39 is 7.75 Å². The van der Waals surface area contributed by atoms with E-state index >= 15 is 0 Å². The largest absolute Gasteiger partial charge is 0.516 e. The third kappa shape index (κ3) is 4.09. The van der Waals surface area contributed by atoms with Crippen LogP contribution in [-0.2, 0) is 4.57 Å². The van der Waals surface area contributed by atoms with Crippen LogP contribution in [0.1, 0.15) is 0 Å². The first kappa shape index (κ1) is 15.1. The van der Waals surface area contributed by atoms with Crippen LogP contribution in [0.4, 0.5) is 0 Å². The van der Waals surface area contributed by atoms with Crippen molar-refractivity contribution in [1.29, 1.82) is 5.26 Å². The molecular weight excluding hydrogens is 287 g/mol. The van der Waals surface area contributed by atoms with Crippen LogP contribution in [0.3, 0.4) is 0 Å². The van der Waals surface area contributed by atoms with Gasteiger partial charge in [0.05, 0.1) is 12.6 Å². The van der Waals surface area contributed by atoms with Crippen LogP contribution in [-0.4, -0.2) is 18.3 Å². The highest BCUT2D eigenvalue weighted by molar-refractivity contribution is 7.52. The summed E-state index contributed by atoms with van der Waals surface area (Å²) in [6.07, 6.45) is 0. The van der Waals surface area contributed by atoms with E-state index in [-0.39, 0.29) is 6.54 Å². The molecule has 5 nitrogen and oxygen atoms in total. The first-order valence-electron chi connectivity index (χ1n) is 6.32. The molecule has 0 atom stereocenters. The highest BCUT2D eigenvalue weighted by Gasteiger charge is 2.34. The third-order valence-corrected chi connectivity index (χ3v) is 4.51. The van der Waals surface area contributed by atoms with E-state index in [4.69, 9.17) is 14.3 Å². The highest BCUT2D eigenvalue weighted by Crippen LogP contribution is 2.50. The zero-order chi connectivity index (χ0) is 15.1. The molecule has 0 aliphatic carbocycles. The fourth-order valence-electron chi connectivity index (χ4n) is 1.58. The van der Waals surface area contributed by atoms with Crippen LogP contribution < -0.4 is 9.05 Å². The summed E-state index contributed by atoms with van der Waals surface area (Å²) in [6, 6.07) is 19.4. The van der Waals surface area contributed by atoms with Crippen molar-refractivity contribution in [3.8, 4) is 17.6 Å². The monoisotopic (exact) mass is 302 g/mol. The molecule has 0 bridgehead atoms. The van der Waals surface area contributed by atoms with Gasteiger partial charge in [0, 0.05) is 7.05 Å². The molecule has 2 aromatic rings. The normalized spacial score (nSPS) is 10.9. The maximum atomic E-state index is 13.0. The van der Waals surface area contributed by atoms with Gasteiger partial charge in [0.15, 0.2) is 0 Å². The minimum Gasteiger partial charge on any atom is -0.404 e. The minimum atomic E-state index is -3.66. The molecule has 0 heterocycles. The average molecular weight is 302 g/mol. The van der Waals surface area contributed by atoms with Gasteiger partial charge in [-0.15, -0.1) is 0 Å². The Morgan fingerprint density at radius 3 is 1.81 bits per heavy atom. The molecule has 2 rings (SSSR count). The van der Waals surface area contributed by atoms with Crippen molar-refractivity contribution in [3.63, 3.8) is 0 Å². The fourth-order valence-corrected chi connectivity index (χ4v) is 2.90. The standard InChI is InChI=1S/C15H15N2O3P/c1-17(13-12-16)21(18,19-14-8-4-2-5-9-14)20-15-10-6-3-7-11-15/h2-11H,13H2,1H3.